The first-order valence-electron chi connectivity index (χ1n) is 11.8. The van der Waals surface area contributed by atoms with Crippen LogP contribution in [0.4, 0.5) is 0 Å². The van der Waals surface area contributed by atoms with Crippen molar-refractivity contribution >= 4 is 39.3 Å². The molecule has 0 unspecified atom stereocenters. The summed E-state index contributed by atoms with van der Waals surface area (Å²) in [6, 6.07) is 19.6. The molecule has 3 aromatic carbocycles. The number of ether oxygens (including phenoxy) is 1. The molecule has 0 radical (unpaired) electrons. The molecule has 0 spiro atoms. The average molecular weight is 431 g/mol. The summed E-state index contributed by atoms with van der Waals surface area (Å²) in [5.74, 6) is 4.21. The van der Waals surface area contributed by atoms with Crippen LogP contribution in [0.1, 0.15) is 44.6 Å². The van der Waals surface area contributed by atoms with E-state index in [2.05, 4.69) is 61.5 Å². The van der Waals surface area contributed by atoms with E-state index in [1.54, 1.807) is 11.8 Å². The predicted octanol–water partition coefficient (Wildman–Crippen LogP) is 6.98. The molecule has 31 heavy (non-hydrogen) atoms. The van der Waals surface area contributed by atoms with E-state index in [0.29, 0.717) is 17.6 Å². The zero-order valence-corrected chi connectivity index (χ0v) is 19.0. The van der Waals surface area contributed by atoms with Crippen LogP contribution in [0.2, 0.25) is 0 Å². The van der Waals surface area contributed by atoms with Gasteiger partial charge in [-0.1, -0.05) is 42.5 Å². The van der Waals surface area contributed by atoms with E-state index in [-0.39, 0.29) is 11.6 Å². The lowest BCUT2D eigenvalue weighted by atomic mass is 9.50. The third kappa shape index (κ3) is 3.46. The molecule has 160 valence electrons. The van der Waals surface area contributed by atoms with E-state index in [4.69, 9.17) is 4.74 Å². The maximum absolute atomic E-state index is 12.8. The van der Waals surface area contributed by atoms with Gasteiger partial charge < -0.3 is 4.74 Å². The molecule has 4 fully saturated rings. The topological polar surface area (TPSA) is 26.3 Å². The zero-order valence-electron chi connectivity index (χ0n) is 18.2. The number of esters is 1. The fraction of sp³-hybridized carbons (Fsp3) is 0.464. The molecule has 0 N–H and O–H groups in total. The Balaban J connectivity index is 1.13. The normalized spacial score (nSPS) is 31.4. The summed E-state index contributed by atoms with van der Waals surface area (Å²) in [5, 5.41) is 5.09. The molecular weight excluding hydrogens is 400 g/mol. The molecule has 3 heteroatoms. The van der Waals surface area contributed by atoms with Crippen LogP contribution in [0.5, 0.6) is 0 Å². The quantitative estimate of drug-likeness (QED) is 0.322. The Morgan fingerprint density at radius 3 is 2.26 bits per heavy atom. The van der Waals surface area contributed by atoms with Gasteiger partial charge in [0.2, 0.25) is 0 Å². The summed E-state index contributed by atoms with van der Waals surface area (Å²) >= 11 is 1.68. The molecule has 0 aliphatic heterocycles. The van der Waals surface area contributed by atoms with Crippen molar-refractivity contribution in [3.05, 3.63) is 60.2 Å². The maximum Gasteiger partial charge on any atom is 0.316 e. The Morgan fingerprint density at radius 1 is 0.903 bits per heavy atom. The lowest BCUT2D eigenvalue weighted by Crippen LogP contribution is -2.58. The molecule has 4 saturated carbocycles. The molecule has 7 rings (SSSR count). The summed E-state index contributed by atoms with van der Waals surface area (Å²) in [5.41, 5.74) is 1.07. The van der Waals surface area contributed by atoms with Crippen LogP contribution in [0.25, 0.3) is 21.5 Å². The number of hydrogen-bond acceptors (Lipinski definition) is 3. The Bertz CT molecular complexity index is 1120. The fourth-order valence-electron chi connectivity index (χ4n) is 6.96. The molecular formula is C28H30O2S. The summed E-state index contributed by atoms with van der Waals surface area (Å²) in [6.45, 7) is 2.23. The van der Waals surface area contributed by atoms with Crippen molar-refractivity contribution in [2.45, 2.75) is 50.4 Å². The van der Waals surface area contributed by atoms with E-state index >= 15 is 0 Å². The SMILES string of the molecule is CC1(OC(=O)CSCc2cccc3cc4ccccc4cc23)C2CC3CC(C2)CC1C3. The van der Waals surface area contributed by atoms with Crippen molar-refractivity contribution in [3.63, 3.8) is 0 Å². The number of carbonyl (C=O) groups is 1. The highest BCUT2D eigenvalue weighted by molar-refractivity contribution is 7.99. The molecule has 0 aromatic heterocycles. The van der Waals surface area contributed by atoms with Gasteiger partial charge in [0.05, 0.1) is 5.75 Å². The number of benzene rings is 3. The number of hydrogen-bond donors (Lipinski definition) is 0. The van der Waals surface area contributed by atoms with Gasteiger partial charge in [-0.2, -0.15) is 0 Å². The number of thioether (sulfide) groups is 1. The van der Waals surface area contributed by atoms with Gasteiger partial charge in [0.25, 0.3) is 0 Å². The summed E-state index contributed by atoms with van der Waals surface area (Å²) < 4.78 is 6.24. The smallest absolute Gasteiger partial charge is 0.316 e. The summed E-state index contributed by atoms with van der Waals surface area (Å²) in [4.78, 5) is 12.8. The average Bonchev–Trinajstić information content (AvgIpc) is 2.76. The molecule has 4 bridgehead atoms. The second-order valence-corrected chi connectivity index (χ2v) is 11.3. The summed E-state index contributed by atoms with van der Waals surface area (Å²) in [6.07, 6.45) is 6.51. The van der Waals surface area contributed by atoms with Gasteiger partial charge in [-0.3, -0.25) is 4.79 Å². The van der Waals surface area contributed by atoms with Crippen molar-refractivity contribution in [2.24, 2.45) is 23.7 Å². The lowest BCUT2D eigenvalue weighted by Gasteiger charge is -2.59. The number of rotatable bonds is 5. The van der Waals surface area contributed by atoms with Gasteiger partial charge in [-0.25, -0.2) is 0 Å². The molecule has 4 aliphatic rings. The van der Waals surface area contributed by atoms with Crippen molar-refractivity contribution in [3.8, 4) is 0 Å². The molecule has 0 heterocycles. The van der Waals surface area contributed by atoms with Crippen molar-refractivity contribution < 1.29 is 9.53 Å². The molecule has 0 atom stereocenters. The summed E-state index contributed by atoms with van der Waals surface area (Å²) in [7, 11) is 0. The van der Waals surface area contributed by atoms with Gasteiger partial charge in [0.15, 0.2) is 0 Å². The van der Waals surface area contributed by atoms with Gasteiger partial charge >= 0.3 is 5.97 Å². The molecule has 2 nitrogen and oxygen atoms in total. The highest BCUT2D eigenvalue weighted by Crippen LogP contribution is 2.59. The van der Waals surface area contributed by atoms with Crippen molar-refractivity contribution in [2.75, 3.05) is 5.75 Å². The Hall–Kier alpha value is -2.00. The minimum absolute atomic E-state index is 0.0225. The number of fused-ring (bicyclic) bond motifs is 2. The second-order valence-electron chi connectivity index (χ2n) is 10.3. The van der Waals surface area contributed by atoms with E-state index in [0.717, 1.165) is 17.6 Å². The first-order valence-corrected chi connectivity index (χ1v) is 12.9. The Kier molecular flexibility index (Phi) is 4.79. The standard InChI is InChI=1S/C28H30O2S/c1-28(24-10-18-9-19(12-24)13-25(28)11-18)30-27(29)17-31-16-23-8-4-7-22-14-20-5-2-3-6-21(20)15-26(22)23/h2-8,14-15,18-19,24-25H,9-13,16-17H2,1H3. The fourth-order valence-corrected chi connectivity index (χ4v) is 7.76. The van der Waals surface area contributed by atoms with Gasteiger partial charge in [-0.15, -0.1) is 11.8 Å². The van der Waals surface area contributed by atoms with Crippen LogP contribution in [0.3, 0.4) is 0 Å². The van der Waals surface area contributed by atoms with E-state index < -0.39 is 0 Å². The third-order valence-electron chi connectivity index (χ3n) is 8.41. The first kappa shape index (κ1) is 19.7. The monoisotopic (exact) mass is 430 g/mol. The third-order valence-corrected chi connectivity index (χ3v) is 9.36. The first-order chi connectivity index (χ1) is 15.1. The largest absolute Gasteiger partial charge is 0.458 e. The van der Waals surface area contributed by atoms with Crippen LogP contribution in [0, 0.1) is 23.7 Å². The second kappa shape index (κ2) is 7.55. The van der Waals surface area contributed by atoms with Gasteiger partial charge in [-0.05, 0) is 102 Å². The lowest BCUT2D eigenvalue weighted by molar-refractivity contribution is -0.200. The minimum Gasteiger partial charge on any atom is -0.458 e. The van der Waals surface area contributed by atoms with E-state index in [9.17, 15) is 4.79 Å². The highest BCUT2D eigenvalue weighted by Gasteiger charge is 2.56. The van der Waals surface area contributed by atoms with E-state index in [1.165, 1.54) is 59.2 Å². The van der Waals surface area contributed by atoms with Gasteiger partial charge in [0.1, 0.15) is 5.60 Å². The maximum atomic E-state index is 12.8. The van der Waals surface area contributed by atoms with Crippen LogP contribution in [-0.4, -0.2) is 17.3 Å². The molecule has 4 aliphatic carbocycles. The Labute approximate surface area is 188 Å². The molecule has 0 amide bonds. The molecule has 3 aromatic rings. The predicted molar refractivity (Wildman–Crippen MR) is 129 cm³/mol. The van der Waals surface area contributed by atoms with Crippen LogP contribution in [0.15, 0.2) is 54.6 Å². The van der Waals surface area contributed by atoms with Crippen LogP contribution < -0.4 is 0 Å². The Morgan fingerprint density at radius 2 is 1.55 bits per heavy atom. The van der Waals surface area contributed by atoms with Gasteiger partial charge in [0, 0.05) is 5.75 Å². The number of carbonyl (C=O) groups excluding carboxylic acids is 1. The minimum atomic E-state index is -0.219. The molecule has 0 saturated heterocycles. The van der Waals surface area contributed by atoms with E-state index in [1.807, 2.05) is 0 Å². The van der Waals surface area contributed by atoms with Crippen molar-refractivity contribution in [1.82, 2.24) is 0 Å². The highest BCUT2D eigenvalue weighted by atomic mass is 32.2. The van der Waals surface area contributed by atoms with Crippen LogP contribution >= 0.6 is 11.8 Å². The van der Waals surface area contributed by atoms with Crippen molar-refractivity contribution in [1.29, 1.82) is 0 Å². The van der Waals surface area contributed by atoms with Crippen LogP contribution in [-0.2, 0) is 15.3 Å². The zero-order chi connectivity index (χ0) is 21.0.